The van der Waals surface area contributed by atoms with Gasteiger partial charge in [0.2, 0.25) is 5.95 Å². The van der Waals surface area contributed by atoms with Crippen molar-refractivity contribution in [3.05, 3.63) is 23.8 Å². The van der Waals surface area contributed by atoms with Crippen molar-refractivity contribution in [2.45, 2.75) is 51.5 Å². The number of hydrogen-bond donors (Lipinski definition) is 2. The van der Waals surface area contributed by atoms with E-state index < -0.39 is 0 Å². The van der Waals surface area contributed by atoms with E-state index >= 15 is 0 Å². The number of carbonyl (C=O) groups excluding carboxylic acids is 1. The van der Waals surface area contributed by atoms with Crippen molar-refractivity contribution in [3.63, 3.8) is 0 Å². The van der Waals surface area contributed by atoms with Crippen molar-refractivity contribution in [3.8, 4) is 0 Å². The summed E-state index contributed by atoms with van der Waals surface area (Å²) in [4.78, 5) is 17.0. The number of carbonyl (C=O) groups is 1. The van der Waals surface area contributed by atoms with E-state index in [9.17, 15) is 4.79 Å². The molecule has 0 bridgehead atoms. The quantitative estimate of drug-likeness (QED) is 0.837. The highest BCUT2D eigenvalue weighted by Gasteiger charge is 2.22. The van der Waals surface area contributed by atoms with Crippen LogP contribution < -0.4 is 10.6 Å². The van der Waals surface area contributed by atoms with Crippen LogP contribution in [0.5, 0.6) is 0 Å². The molecule has 2 aromatic heterocycles. The Balaban J connectivity index is 1.69. The number of aromatic nitrogens is 5. The Morgan fingerprint density at radius 3 is 2.72 bits per heavy atom. The summed E-state index contributed by atoms with van der Waals surface area (Å²) in [5, 5.41) is 15.1. The maximum absolute atomic E-state index is 12.5. The fourth-order valence-corrected chi connectivity index (χ4v) is 3.26. The highest BCUT2D eigenvalue weighted by Crippen LogP contribution is 2.23. The number of amides is 1. The molecule has 8 heteroatoms. The predicted octanol–water partition coefficient (Wildman–Crippen LogP) is 2.09. The molecule has 0 aliphatic carbocycles. The lowest BCUT2D eigenvalue weighted by atomic mass is 9.98. The topological polar surface area (TPSA) is 89.7 Å². The molecule has 0 atom stereocenters. The van der Waals surface area contributed by atoms with Gasteiger partial charge in [0, 0.05) is 19.2 Å². The molecule has 1 aliphatic rings. The van der Waals surface area contributed by atoms with Crippen LogP contribution in [-0.2, 0) is 7.05 Å². The molecule has 8 nitrogen and oxygen atoms in total. The number of aryl methyl sites for hydroxylation is 1. The Bertz CT molecular complexity index is 710. The molecule has 1 fully saturated rings. The summed E-state index contributed by atoms with van der Waals surface area (Å²) in [6.07, 6.45) is 5.89. The standard InChI is InChI=1S/C17H27N7O/c1-4-13(5-2)24-11-8-14(21-24)16(25)20-17-19-15(22-23(17)3)12-6-9-18-10-7-12/h8,11-13,18H,4-7,9-10H2,1-3H3,(H,19,20,22,25). The molecule has 136 valence electrons. The van der Waals surface area contributed by atoms with Gasteiger partial charge in [0.05, 0.1) is 6.04 Å². The van der Waals surface area contributed by atoms with E-state index in [1.807, 2.05) is 10.9 Å². The van der Waals surface area contributed by atoms with Crippen molar-refractivity contribution in [2.75, 3.05) is 18.4 Å². The Morgan fingerprint density at radius 1 is 1.32 bits per heavy atom. The third-order valence-electron chi connectivity index (χ3n) is 4.87. The Labute approximate surface area is 148 Å². The van der Waals surface area contributed by atoms with Gasteiger partial charge < -0.3 is 5.32 Å². The summed E-state index contributed by atoms with van der Waals surface area (Å²) in [7, 11) is 1.80. The van der Waals surface area contributed by atoms with Crippen LogP contribution >= 0.6 is 0 Å². The molecule has 0 unspecified atom stereocenters. The predicted molar refractivity (Wildman–Crippen MR) is 95.6 cm³/mol. The molecule has 1 amide bonds. The van der Waals surface area contributed by atoms with E-state index in [0.29, 0.717) is 23.6 Å². The smallest absolute Gasteiger partial charge is 0.278 e. The van der Waals surface area contributed by atoms with Crippen LogP contribution in [0.4, 0.5) is 5.95 Å². The molecule has 3 heterocycles. The van der Waals surface area contributed by atoms with E-state index in [0.717, 1.165) is 44.6 Å². The summed E-state index contributed by atoms with van der Waals surface area (Å²) in [5.74, 6) is 1.38. The first-order chi connectivity index (χ1) is 12.1. The number of nitrogens with zero attached hydrogens (tertiary/aromatic N) is 5. The van der Waals surface area contributed by atoms with Gasteiger partial charge in [-0.1, -0.05) is 13.8 Å². The van der Waals surface area contributed by atoms with E-state index in [-0.39, 0.29) is 5.91 Å². The lowest BCUT2D eigenvalue weighted by Crippen LogP contribution is -2.27. The molecular formula is C17H27N7O. The van der Waals surface area contributed by atoms with E-state index in [1.165, 1.54) is 0 Å². The first kappa shape index (κ1) is 17.6. The van der Waals surface area contributed by atoms with Crippen LogP contribution in [0, 0.1) is 0 Å². The minimum Gasteiger partial charge on any atom is -0.317 e. The van der Waals surface area contributed by atoms with Gasteiger partial charge in [-0.2, -0.15) is 15.2 Å². The Hall–Kier alpha value is -2.22. The lowest BCUT2D eigenvalue weighted by molar-refractivity contribution is 0.101. The second-order valence-corrected chi connectivity index (χ2v) is 6.55. The van der Waals surface area contributed by atoms with Crippen LogP contribution in [0.2, 0.25) is 0 Å². The highest BCUT2D eigenvalue weighted by atomic mass is 16.2. The molecule has 0 aromatic carbocycles. The van der Waals surface area contributed by atoms with Crippen LogP contribution in [0.1, 0.15) is 67.8 Å². The SMILES string of the molecule is CCC(CC)n1ccc(C(=O)Nc2nc(C3CCNCC3)nn2C)n1. The van der Waals surface area contributed by atoms with Crippen molar-refractivity contribution in [1.82, 2.24) is 29.9 Å². The first-order valence-corrected chi connectivity index (χ1v) is 9.10. The van der Waals surface area contributed by atoms with Gasteiger partial charge in [-0.3, -0.25) is 14.8 Å². The maximum atomic E-state index is 12.5. The molecule has 25 heavy (non-hydrogen) atoms. The summed E-state index contributed by atoms with van der Waals surface area (Å²) >= 11 is 0. The van der Waals surface area contributed by atoms with E-state index in [4.69, 9.17) is 0 Å². The van der Waals surface area contributed by atoms with Gasteiger partial charge in [0.1, 0.15) is 0 Å². The molecule has 2 N–H and O–H groups in total. The number of rotatable bonds is 6. The zero-order valence-corrected chi connectivity index (χ0v) is 15.2. The van der Waals surface area contributed by atoms with Gasteiger partial charge >= 0.3 is 0 Å². The number of nitrogens with one attached hydrogen (secondary N) is 2. The van der Waals surface area contributed by atoms with Gasteiger partial charge in [0.25, 0.3) is 5.91 Å². The fourth-order valence-electron chi connectivity index (χ4n) is 3.26. The fraction of sp³-hybridized carbons (Fsp3) is 0.647. The zero-order valence-electron chi connectivity index (χ0n) is 15.2. The van der Waals surface area contributed by atoms with Gasteiger partial charge in [-0.05, 0) is 44.8 Å². The molecule has 2 aromatic rings. The van der Waals surface area contributed by atoms with E-state index in [2.05, 4.69) is 39.7 Å². The van der Waals surface area contributed by atoms with Gasteiger partial charge in [-0.15, -0.1) is 0 Å². The minimum absolute atomic E-state index is 0.253. The zero-order chi connectivity index (χ0) is 17.8. The van der Waals surface area contributed by atoms with Crippen molar-refractivity contribution in [1.29, 1.82) is 0 Å². The maximum Gasteiger partial charge on any atom is 0.278 e. The second kappa shape index (κ2) is 7.77. The Morgan fingerprint density at radius 2 is 2.04 bits per heavy atom. The normalized spacial score (nSPS) is 15.7. The Kier molecular flexibility index (Phi) is 5.47. The van der Waals surface area contributed by atoms with Gasteiger partial charge in [-0.25, -0.2) is 4.68 Å². The number of anilines is 1. The monoisotopic (exact) mass is 345 g/mol. The van der Waals surface area contributed by atoms with Crippen molar-refractivity contribution < 1.29 is 4.79 Å². The third-order valence-corrected chi connectivity index (χ3v) is 4.87. The highest BCUT2D eigenvalue weighted by molar-refractivity contribution is 6.01. The average Bonchev–Trinajstić information content (AvgIpc) is 3.25. The van der Waals surface area contributed by atoms with Crippen LogP contribution in [0.15, 0.2) is 12.3 Å². The average molecular weight is 345 g/mol. The summed E-state index contributed by atoms with van der Waals surface area (Å²) in [5.41, 5.74) is 0.401. The summed E-state index contributed by atoms with van der Waals surface area (Å²) < 4.78 is 3.50. The lowest BCUT2D eigenvalue weighted by Gasteiger charge is -2.19. The molecule has 0 saturated carbocycles. The largest absolute Gasteiger partial charge is 0.317 e. The van der Waals surface area contributed by atoms with Crippen LogP contribution in [0.25, 0.3) is 0 Å². The third kappa shape index (κ3) is 3.89. The minimum atomic E-state index is -0.253. The summed E-state index contributed by atoms with van der Waals surface area (Å²) in [6.45, 7) is 6.21. The second-order valence-electron chi connectivity index (χ2n) is 6.55. The van der Waals surface area contributed by atoms with Crippen molar-refractivity contribution >= 4 is 11.9 Å². The molecule has 1 saturated heterocycles. The first-order valence-electron chi connectivity index (χ1n) is 9.10. The summed E-state index contributed by atoms with van der Waals surface area (Å²) in [6, 6.07) is 2.07. The van der Waals surface area contributed by atoms with Crippen LogP contribution in [-0.4, -0.2) is 43.5 Å². The molecular weight excluding hydrogens is 318 g/mol. The molecule has 0 spiro atoms. The van der Waals surface area contributed by atoms with Gasteiger partial charge in [0.15, 0.2) is 11.5 Å². The molecule has 0 radical (unpaired) electrons. The number of piperidine rings is 1. The van der Waals surface area contributed by atoms with Crippen LogP contribution in [0.3, 0.4) is 0 Å². The van der Waals surface area contributed by atoms with Crippen molar-refractivity contribution in [2.24, 2.45) is 7.05 Å². The number of hydrogen-bond acceptors (Lipinski definition) is 5. The molecule has 3 rings (SSSR count). The molecule has 1 aliphatic heterocycles. The van der Waals surface area contributed by atoms with E-state index in [1.54, 1.807) is 17.8 Å².